The van der Waals surface area contributed by atoms with Gasteiger partial charge in [-0.3, -0.25) is 0 Å². The highest BCUT2D eigenvalue weighted by Crippen LogP contribution is 2.29. The van der Waals surface area contributed by atoms with Crippen LogP contribution in [0.25, 0.3) is 0 Å². The van der Waals surface area contributed by atoms with Gasteiger partial charge < -0.3 is 10.2 Å². The predicted molar refractivity (Wildman–Crippen MR) is 83.8 cm³/mol. The summed E-state index contributed by atoms with van der Waals surface area (Å²) < 4.78 is 0. The van der Waals surface area contributed by atoms with Crippen LogP contribution in [0.5, 0.6) is 0 Å². The molecule has 0 saturated carbocycles. The van der Waals surface area contributed by atoms with Gasteiger partial charge in [0.15, 0.2) is 0 Å². The maximum atomic E-state index is 4.21. The fourth-order valence-corrected chi connectivity index (χ4v) is 2.82. The van der Waals surface area contributed by atoms with Gasteiger partial charge in [0.1, 0.15) is 0 Å². The summed E-state index contributed by atoms with van der Waals surface area (Å²) >= 11 is 0. The zero-order valence-corrected chi connectivity index (χ0v) is 12.3. The Hall–Kier alpha value is -1.28. The molecule has 1 atom stereocenters. The second kappa shape index (κ2) is 6.76. The summed E-state index contributed by atoms with van der Waals surface area (Å²) in [4.78, 5) is 2.49. The molecule has 1 heterocycles. The number of nitrogens with zero attached hydrogens (tertiary/aromatic N) is 1. The highest BCUT2D eigenvalue weighted by molar-refractivity contribution is 5.56. The second-order valence-corrected chi connectivity index (χ2v) is 5.75. The number of para-hydroxylation sites is 1. The average molecular weight is 258 g/mol. The van der Waals surface area contributed by atoms with Crippen LogP contribution >= 0.6 is 0 Å². The molecule has 1 aliphatic heterocycles. The zero-order valence-electron chi connectivity index (χ0n) is 12.3. The Balaban J connectivity index is 1.98. The van der Waals surface area contributed by atoms with E-state index in [4.69, 9.17) is 0 Å². The Morgan fingerprint density at radius 3 is 3.00 bits per heavy atom. The lowest BCUT2D eigenvalue weighted by atomic mass is 9.93. The Morgan fingerprint density at radius 2 is 2.21 bits per heavy atom. The van der Waals surface area contributed by atoms with Crippen molar-refractivity contribution in [1.82, 2.24) is 5.32 Å². The van der Waals surface area contributed by atoms with Gasteiger partial charge in [-0.05, 0) is 42.5 Å². The van der Waals surface area contributed by atoms with Gasteiger partial charge in [0.2, 0.25) is 0 Å². The molecule has 0 amide bonds. The summed E-state index contributed by atoms with van der Waals surface area (Å²) in [6, 6.07) is 8.79. The maximum Gasteiger partial charge on any atom is 0.0401 e. The van der Waals surface area contributed by atoms with E-state index in [2.05, 4.69) is 54.9 Å². The van der Waals surface area contributed by atoms with Crippen molar-refractivity contribution >= 4 is 5.69 Å². The summed E-state index contributed by atoms with van der Waals surface area (Å²) in [6.07, 6.45) is 2.38. The van der Waals surface area contributed by atoms with Crippen molar-refractivity contribution in [2.75, 3.05) is 31.1 Å². The molecule has 1 aliphatic rings. The Morgan fingerprint density at radius 1 is 1.42 bits per heavy atom. The van der Waals surface area contributed by atoms with Gasteiger partial charge in [0, 0.05) is 25.3 Å². The lowest BCUT2D eigenvalue weighted by Gasteiger charge is -2.35. The molecule has 1 aromatic rings. The van der Waals surface area contributed by atoms with Crippen molar-refractivity contribution in [3.63, 3.8) is 0 Å². The zero-order chi connectivity index (χ0) is 13.7. The number of fused-ring (bicyclic) bond motifs is 1. The van der Waals surface area contributed by atoms with Crippen LogP contribution in [0.4, 0.5) is 5.69 Å². The first kappa shape index (κ1) is 14.1. The van der Waals surface area contributed by atoms with Crippen molar-refractivity contribution in [3.8, 4) is 0 Å². The highest BCUT2D eigenvalue weighted by atomic mass is 15.1. The number of anilines is 1. The summed E-state index contributed by atoms with van der Waals surface area (Å²) in [7, 11) is 0. The smallest absolute Gasteiger partial charge is 0.0401 e. The van der Waals surface area contributed by atoms with E-state index in [1.54, 1.807) is 0 Å². The Labute approximate surface area is 117 Å². The van der Waals surface area contributed by atoms with Gasteiger partial charge in [-0.1, -0.05) is 38.6 Å². The fourth-order valence-electron chi connectivity index (χ4n) is 2.82. The molecule has 1 N–H and O–H groups in total. The lowest BCUT2D eigenvalue weighted by Crippen LogP contribution is -2.37. The molecule has 0 aliphatic carbocycles. The van der Waals surface area contributed by atoms with Crippen LogP contribution in [0, 0.1) is 5.92 Å². The molecular formula is C17H26N2. The summed E-state index contributed by atoms with van der Waals surface area (Å²) in [6.45, 7) is 12.9. The van der Waals surface area contributed by atoms with Crippen molar-refractivity contribution in [2.45, 2.75) is 26.7 Å². The average Bonchev–Trinajstić information content (AvgIpc) is 2.39. The van der Waals surface area contributed by atoms with Gasteiger partial charge in [-0.2, -0.15) is 0 Å². The third kappa shape index (κ3) is 3.84. The molecule has 0 bridgehead atoms. The molecule has 1 aromatic carbocycles. The van der Waals surface area contributed by atoms with E-state index in [1.165, 1.54) is 29.7 Å². The number of nitrogens with one attached hydrogen (secondary N) is 1. The van der Waals surface area contributed by atoms with Crippen LogP contribution in [-0.4, -0.2) is 26.2 Å². The third-order valence-corrected chi connectivity index (χ3v) is 3.65. The molecule has 0 spiro atoms. The van der Waals surface area contributed by atoms with E-state index in [-0.39, 0.29) is 0 Å². The molecule has 0 fully saturated rings. The fraction of sp³-hybridized carbons (Fsp3) is 0.529. The van der Waals surface area contributed by atoms with Crippen molar-refractivity contribution in [3.05, 3.63) is 42.0 Å². The molecule has 2 rings (SSSR count). The monoisotopic (exact) mass is 258 g/mol. The van der Waals surface area contributed by atoms with Gasteiger partial charge >= 0.3 is 0 Å². The van der Waals surface area contributed by atoms with Crippen LogP contribution in [0.2, 0.25) is 0 Å². The van der Waals surface area contributed by atoms with Gasteiger partial charge in [-0.15, -0.1) is 0 Å². The first-order valence-electron chi connectivity index (χ1n) is 7.41. The van der Waals surface area contributed by atoms with E-state index in [1.807, 2.05) is 0 Å². The normalized spacial score (nSPS) is 18.2. The third-order valence-electron chi connectivity index (χ3n) is 3.65. The summed E-state index contributed by atoms with van der Waals surface area (Å²) in [5.74, 6) is 0.728. The van der Waals surface area contributed by atoms with Crippen molar-refractivity contribution in [1.29, 1.82) is 0 Å². The minimum absolute atomic E-state index is 0.728. The SMILES string of the molecule is C=C(CNCCC)CN1CC(C)Cc2ccccc21. The number of hydrogen-bond donors (Lipinski definition) is 1. The number of benzene rings is 1. The standard InChI is InChI=1S/C17H26N2/c1-4-9-18-11-15(3)13-19-12-14(2)10-16-7-5-6-8-17(16)19/h5-8,14,18H,3-4,9-13H2,1-2H3. The van der Waals surface area contributed by atoms with E-state index in [0.717, 1.165) is 32.1 Å². The maximum absolute atomic E-state index is 4.21. The molecular weight excluding hydrogens is 232 g/mol. The van der Waals surface area contributed by atoms with E-state index in [9.17, 15) is 0 Å². The van der Waals surface area contributed by atoms with Crippen LogP contribution < -0.4 is 10.2 Å². The molecule has 104 valence electrons. The molecule has 0 aromatic heterocycles. The van der Waals surface area contributed by atoms with Crippen LogP contribution in [0.3, 0.4) is 0 Å². The van der Waals surface area contributed by atoms with Crippen molar-refractivity contribution in [2.24, 2.45) is 5.92 Å². The van der Waals surface area contributed by atoms with Crippen LogP contribution in [0.15, 0.2) is 36.4 Å². The quantitative estimate of drug-likeness (QED) is 0.622. The molecule has 1 unspecified atom stereocenters. The molecule has 2 nitrogen and oxygen atoms in total. The van der Waals surface area contributed by atoms with E-state index < -0.39 is 0 Å². The summed E-state index contributed by atoms with van der Waals surface area (Å²) in [5, 5.41) is 3.43. The first-order chi connectivity index (χ1) is 9.20. The Kier molecular flexibility index (Phi) is 5.03. The topological polar surface area (TPSA) is 15.3 Å². The molecule has 2 heteroatoms. The highest BCUT2D eigenvalue weighted by Gasteiger charge is 2.21. The van der Waals surface area contributed by atoms with Crippen molar-refractivity contribution < 1.29 is 0 Å². The number of rotatable bonds is 6. The predicted octanol–water partition coefficient (Wildman–Crippen LogP) is 3.24. The van der Waals surface area contributed by atoms with Crippen LogP contribution in [-0.2, 0) is 6.42 Å². The van der Waals surface area contributed by atoms with Gasteiger partial charge in [0.05, 0.1) is 0 Å². The van der Waals surface area contributed by atoms with E-state index >= 15 is 0 Å². The first-order valence-corrected chi connectivity index (χ1v) is 7.41. The molecule has 0 radical (unpaired) electrons. The largest absolute Gasteiger partial charge is 0.367 e. The van der Waals surface area contributed by atoms with E-state index in [0.29, 0.717) is 0 Å². The lowest BCUT2D eigenvalue weighted by molar-refractivity contribution is 0.538. The molecule has 19 heavy (non-hydrogen) atoms. The summed E-state index contributed by atoms with van der Waals surface area (Å²) in [5.41, 5.74) is 4.16. The number of hydrogen-bond acceptors (Lipinski definition) is 2. The Bertz CT molecular complexity index is 425. The van der Waals surface area contributed by atoms with Crippen LogP contribution in [0.1, 0.15) is 25.8 Å². The molecule has 0 saturated heterocycles. The van der Waals surface area contributed by atoms with Gasteiger partial charge in [-0.25, -0.2) is 0 Å². The second-order valence-electron chi connectivity index (χ2n) is 5.75. The minimum Gasteiger partial charge on any atom is -0.367 e. The van der Waals surface area contributed by atoms with Gasteiger partial charge in [0.25, 0.3) is 0 Å². The minimum atomic E-state index is 0.728.